The molecule has 1 saturated heterocycles. The molecule has 0 bridgehead atoms. The van der Waals surface area contributed by atoms with Crippen molar-refractivity contribution in [3.63, 3.8) is 0 Å². The Labute approximate surface area is 160 Å². The minimum atomic E-state index is -0.149. The van der Waals surface area contributed by atoms with Crippen molar-refractivity contribution in [3.8, 4) is 0 Å². The maximum atomic E-state index is 12.3. The van der Waals surface area contributed by atoms with Crippen LogP contribution in [0.15, 0.2) is 34.2 Å². The Balaban J connectivity index is 1.70. The van der Waals surface area contributed by atoms with Crippen LogP contribution in [0.3, 0.4) is 0 Å². The monoisotopic (exact) mass is 373 g/mol. The van der Waals surface area contributed by atoms with Crippen molar-refractivity contribution in [1.82, 2.24) is 4.90 Å². The van der Waals surface area contributed by atoms with Crippen molar-refractivity contribution in [1.29, 1.82) is 0 Å². The van der Waals surface area contributed by atoms with Gasteiger partial charge in [-0.15, -0.1) is 0 Å². The molecule has 0 aliphatic carbocycles. The van der Waals surface area contributed by atoms with Crippen LogP contribution in [0, 0.1) is 0 Å². The molecule has 2 aliphatic rings. The molecular formula is C20H27N3O2S. The highest BCUT2D eigenvalue weighted by atomic mass is 32.2. The van der Waals surface area contributed by atoms with E-state index in [2.05, 4.69) is 66.8 Å². The van der Waals surface area contributed by atoms with Gasteiger partial charge in [0.1, 0.15) is 0 Å². The molecule has 5 nitrogen and oxygen atoms in total. The van der Waals surface area contributed by atoms with E-state index in [0.717, 1.165) is 36.9 Å². The third kappa shape index (κ3) is 4.30. The minimum absolute atomic E-state index is 0.149. The summed E-state index contributed by atoms with van der Waals surface area (Å²) in [6, 6.07) is 8.34. The largest absolute Gasteiger partial charge is 0.372 e. The molecule has 26 heavy (non-hydrogen) atoms. The number of carbonyl (C=O) groups excluding carboxylic acids is 1. The van der Waals surface area contributed by atoms with Gasteiger partial charge in [-0.05, 0) is 63.2 Å². The lowest BCUT2D eigenvalue weighted by Crippen LogP contribution is -2.47. The molecule has 1 aromatic rings. The second kappa shape index (κ2) is 8.27. The predicted octanol–water partition coefficient (Wildman–Crippen LogP) is 3.61. The van der Waals surface area contributed by atoms with E-state index < -0.39 is 0 Å². The molecular weight excluding hydrogens is 346 g/mol. The summed E-state index contributed by atoms with van der Waals surface area (Å²) >= 11 is 1.47. The quantitative estimate of drug-likeness (QED) is 0.755. The smallest absolute Gasteiger partial charge is 0.286 e. The Morgan fingerprint density at radius 1 is 1.19 bits per heavy atom. The van der Waals surface area contributed by atoms with Crippen LogP contribution in [-0.4, -0.2) is 54.4 Å². The van der Waals surface area contributed by atoms with E-state index in [0.29, 0.717) is 4.91 Å². The standard InChI is InChI=1S/C20H27N3O2S/c1-5-22(6-2)17-9-7-16(8-10-17)11-18-19(24)21-20(26-18)23-12-14(3)25-15(4)13-23/h7-11,14-15H,5-6,12-13H2,1-4H3. The SMILES string of the molecule is CCN(CC)c1ccc(C=C2SC(N3CC(C)OC(C)C3)=NC2=O)cc1. The summed E-state index contributed by atoms with van der Waals surface area (Å²) in [5.74, 6) is -0.149. The van der Waals surface area contributed by atoms with E-state index in [1.807, 2.05) is 6.08 Å². The van der Waals surface area contributed by atoms with Gasteiger partial charge in [-0.1, -0.05) is 12.1 Å². The lowest BCUT2D eigenvalue weighted by atomic mass is 10.2. The Bertz CT molecular complexity index is 700. The van der Waals surface area contributed by atoms with Crippen LogP contribution in [0.5, 0.6) is 0 Å². The van der Waals surface area contributed by atoms with Gasteiger partial charge in [-0.2, -0.15) is 4.99 Å². The number of carbonyl (C=O) groups is 1. The average molecular weight is 374 g/mol. The summed E-state index contributed by atoms with van der Waals surface area (Å²) in [5, 5.41) is 0.794. The minimum Gasteiger partial charge on any atom is -0.372 e. The van der Waals surface area contributed by atoms with Crippen molar-refractivity contribution < 1.29 is 9.53 Å². The molecule has 1 amide bonds. The zero-order valence-corrected chi connectivity index (χ0v) is 16.8. The maximum absolute atomic E-state index is 12.3. The van der Waals surface area contributed by atoms with Crippen molar-refractivity contribution in [3.05, 3.63) is 34.7 Å². The number of aliphatic imine (C=N–C) groups is 1. The van der Waals surface area contributed by atoms with Gasteiger partial charge in [0.05, 0.1) is 17.1 Å². The Morgan fingerprint density at radius 2 is 1.81 bits per heavy atom. The Hall–Kier alpha value is -1.79. The molecule has 3 rings (SSSR count). The summed E-state index contributed by atoms with van der Waals surface area (Å²) in [4.78, 5) is 21.7. The van der Waals surface area contributed by atoms with Crippen LogP contribution >= 0.6 is 11.8 Å². The van der Waals surface area contributed by atoms with Gasteiger partial charge >= 0.3 is 0 Å². The Morgan fingerprint density at radius 3 is 2.38 bits per heavy atom. The van der Waals surface area contributed by atoms with Gasteiger partial charge in [0, 0.05) is 31.9 Å². The highest BCUT2D eigenvalue weighted by Crippen LogP contribution is 2.31. The first-order valence-electron chi connectivity index (χ1n) is 9.28. The average Bonchev–Trinajstić information content (AvgIpc) is 2.97. The summed E-state index contributed by atoms with van der Waals surface area (Å²) in [6.07, 6.45) is 2.23. The van der Waals surface area contributed by atoms with Gasteiger partial charge in [-0.25, -0.2) is 0 Å². The highest BCUT2D eigenvalue weighted by molar-refractivity contribution is 8.18. The topological polar surface area (TPSA) is 45.1 Å². The fraction of sp³-hybridized carbons (Fsp3) is 0.500. The lowest BCUT2D eigenvalue weighted by Gasteiger charge is -2.35. The molecule has 1 aromatic carbocycles. The van der Waals surface area contributed by atoms with E-state index in [-0.39, 0.29) is 18.1 Å². The predicted molar refractivity (Wildman–Crippen MR) is 110 cm³/mol. The molecule has 6 heteroatoms. The van der Waals surface area contributed by atoms with Gasteiger partial charge < -0.3 is 14.5 Å². The van der Waals surface area contributed by atoms with Gasteiger partial charge in [-0.3, -0.25) is 4.79 Å². The zero-order valence-electron chi connectivity index (χ0n) is 15.9. The third-order valence-corrected chi connectivity index (χ3v) is 5.66. The number of hydrogen-bond acceptors (Lipinski definition) is 5. The maximum Gasteiger partial charge on any atom is 0.286 e. The molecule has 0 radical (unpaired) electrons. The molecule has 2 atom stereocenters. The molecule has 140 valence electrons. The fourth-order valence-corrected chi connectivity index (χ4v) is 4.32. The van der Waals surface area contributed by atoms with Gasteiger partial charge in [0.15, 0.2) is 5.17 Å². The second-order valence-corrected chi connectivity index (χ2v) is 7.75. The second-order valence-electron chi connectivity index (χ2n) is 6.74. The molecule has 2 unspecified atom stereocenters. The van der Waals surface area contributed by atoms with E-state index in [1.54, 1.807) is 0 Å². The van der Waals surface area contributed by atoms with E-state index in [1.165, 1.54) is 17.4 Å². The van der Waals surface area contributed by atoms with Crippen LogP contribution in [0.1, 0.15) is 33.3 Å². The highest BCUT2D eigenvalue weighted by Gasteiger charge is 2.30. The summed E-state index contributed by atoms with van der Waals surface area (Å²) < 4.78 is 5.76. The van der Waals surface area contributed by atoms with Gasteiger partial charge in [0.25, 0.3) is 5.91 Å². The third-order valence-electron chi connectivity index (χ3n) is 4.62. The van der Waals surface area contributed by atoms with Gasteiger partial charge in [0.2, 0.25) is 0 Å². The molecule has 0 aromatic heterocycles. The van der Waals surface area contributed by atoms with Crippen LogP contribution in [-0.2, 0) is 9.53 Å². The van der Waals surface area contributed by atoms with Crippen LogP contribution < -0.4 is 4.90 Å². The van der Waals surface area contributed by atoms with Crippen molar-refractivity contribution in [2.45, 2.75) is 39.9 Å². The van der Waals surface area contributed by atoms with Crippen LogP contribution in [0.2, 0.25) is 0 Å². The molecule has 0 spiro atoms. The molecule has 0 saturated carbocycles. The number of thioether (sulfide) groups is 1. The van der Waals surface area contributed by atoms with Crippen molar-refractivity contribution >= 4 is 34.6 Å². The summed E-state index contributed by atoms with van der Waals surface area (Å²) in [5.41, 5.74) is 2.23. The van der Waals surface area contributed by atoms with Crippen molar-refractivity contribution in [2.24, 2.45) is 4.99 Å². The number of benzene rings is 1. The number of rotatable bonds is 4. The van der Waals surface area contributed by atoms with Crippen LogP contribution in [0.25, 0.3) is 6.08 Å². The fourth-order valence-electron chi connectivity index (χ4n) is 3.39. The number of morpholine rings is 1. The number of ether oxygens (including phenoxy) is 1. The molecule has 2 aliphatic heterocycles. The Kier molecular flexibility index (Phi) is 6.04. The summed E-state index contributed by atoms with van der Waals surface area (Å²) in [6.45, 7) is 11.9. The van der Waals surface area contributed by atoms with E-state index in [9.17, 15) is 4.79 Å². The van der Waals surface area contributed by atoms with Crippen molar-refractivity contribution in [2.75, 3.05) is 31.1 Å². The van der Waals surface area contributed by atoms with E-state index in [4.69, 9.17) is 4.74 Å². The first-order valence-corrected chi connectivity index (χ1v) is 10.1. The number of amidine groups is 1. The van der Waals surface area contributed by atoms with E-state index >= 15 is 0 Å². The normalized spacial score (nSPS) is 24.9. The summed E-state index contributed by atoms with van der Waals surface area (Å²) in [7, 11) is 0. The number of anilines is 1. The van der Waals surface area contributed by atoms with Crippen LogP contribution in [0.4, 0.5) is 5.69 Å². The zero-order chi connectivity index (χ0) is 18.7. The number of nitrogens with zero attached hydrogens (tertiary/aromatic N) is 3. The lowest BCUT2D eigenvalue weighted by molar-refractivity contribution is -0.113. The first kappa shape index (κ1) is 19.0. The molecule has 2 heterocycles. The number of amides is 1. The first-order chi connectivity index (χ1) is 12.5. The molecule has 1 fully saturated rings. The number of hydrogen-bond donors (Lipinski definition) is 0. The molecule has 0 N–H and O–H groups in total.